The van der Waals surface area contributed by atoms with Gasteiger partial charge in [0.1, 0.15) is 23.5 Å². The number of allylic oxidation sites excluding steroid dienone is 1. The molecule has 5 nitrogen and oxygen atoms in total. The van der Waals surface area contributed by atoms with Crippen LogP contribution in [0.25, 0.3) is 0 Å². The fraction of sp³-hybridized carbons (Fsp3) is 0.360. The van der Waals surface area contributed by atoms with Crippen molar-refractivity contribution in [2.45, 2.75) is 32.1 Å². The number of alkyl halides is 5. The van der Waals surface area contributed by atoms with Crippen LogP contribution in [0.4, 0.5) is 26.3 Å². The first-order valence-electron chi connectivity index (χ1n) is 10.6. The molecule has 0 aliphatic heterocycles. The number of para-hydroxylation sites is 1. The first-order valence-corrected chi connectivity index (χ1v) is 10.6. The van der Waals surface area contributed by atoms with Crippen LogP contribution < -0.4 is 4.74 Å². The van der Waals surface area contributed by atoms with Crippen LogP contribution in [0.15, 0.2) is 66.5 Å². The maximum atomic E-state index is 14.4. The highest BCUT2D eigenvalue weighted by atomic mass is 19.4. The topological polar surface area (TPSA) is 79.5 Å². The summed E-state index contributed by atoms with van der Waals surface area (Å²) in [4.78, 5) is 12.4. The monoisotopic (exact) mass is 513 g/mol. The van der Waals surface area contributed by atoms with Gasteiger partial charge in [0, 0.05) is 5.92 Å². The lowest BCUT2D eigenvalue weighted by molar-refractivity contribution is -0.276. The molecule has 1 N–H and O–H groups in total. The lowest BCUT2D eigenvalue weighted by Gasteiger charge is -2.22. The van der Waals surface area contributed by atoms with Crippen LogP contribution in [0.2, 0.25) is 0 Å². The molecule has 0 radical (unpaired) electrons. The number of halogens is 6. The number of nitrogens with zero attached hydrogens (tertiary/aromatic N) is 1. The summed E-state index contributed by atoms with van der Waals surface area (Å²) >= 11 is 0. The highest BCUT2D eigenvalue weighted by Gasteiger charge is 2.79. The number of benzene rings is 2. The van der Waals surface area contributed by atoms with Gasteiger partial charge < -0.3 is 14.6 Å². The summed E-state index contributed by atoms with van der Waals surface area (Å²) in [6, 6.07) is 16.4. The molecule has 36 heavy (non-hydrogen) atoms. The van der Waals surface area contributed by atoms with E-state index in [1.165, 1.54) is 32.0 Å². The van der Waals surface area contributed by atoms with Crippen LogP contribution in [0.5, 0.6) is 11.5 Å². The highest BCUT2D eigenvalue weighted by molar-refractivity contribution is 5.84. The van der Waals surface area contributed by atoms with Crippen LogP contribution in [-0.2, 0) is 9.53 Å². The van der Waals surface area contributed by atoms with Gasteiger partial charge in [-0.1, -0.05) is 44.2 Å². The Balaban J connectivity index is 1.96. The van der Waals surface area contributed by atoms with Gasteiger partial charge in [-0.25, -0.2) is 4.39 Å². The quantitative estimate of drug-likeness (QED) is 0.372. The first-order chi connectivity index (χ1) is 16.7. The van der Waals surface area contributed by atoms with Gasteiger partial charge in [0.15, 0.2) is 5.83 Å². The van der Waals surface area contributed by atoms with Crippen molar-refractivity contribution in [3.63, 3.8) is 0 Å². The molecule has 0 bridgehead atoms. The Morgan fingerprint density at radius 1 is 1.11 bits per heavy atom. The molecule has 2 aromatic rings. The lowest BCUT2D eigenvalue weighted by atomic mass is 9.78. The van der Waals surface area contributed by atoms with E-state index < -0.39 is 53.4 Å². The van der Waals surface area contributed by atoms with Gasteiger partial charge in [0.2, 0.25) is 0 Å². The average Bonchev–Trinajstić information content (AvgIpc) is 3.28. The summed E-state index contributed by atoms with van der Waals surface area (Å²) < 4.78 is 88.1. The molecule has 11 heteroatoms. The molecule has 3 rings (SSSR count). The Bertz CT molecular complexity index is 1190. The normalized spacial score (nSPS) is 22.4. The van der Waals surface area contributed by atoms with Crippen molar-refractivity contribution in [2.24, 2.45) is 16.7 Å². The van der Waals surface area contributed by atoms with Gasteiger partial charge >= 0.3 is 18.3 Å². The highest BCUT2D eigenvalue weighted by Crippen LogP contribution is 2.75. The summed E-state index contributed by atoms with van der Waals surface area (Å²) in [5.74, 6) is -6.10. The van der Waals surface area contributed by atoms with Crippen molar-refractivity contribution in [3.8, 4) is 17.6 Å². The van der Waals surface area contributed by atoms with Crippen molar-refractivity contribution in [3.05, 3.63) is 72.1 Å². The lowest BCUT2D eigenvalue weighted by Crippen LogP contribution is -2.30. The summed E-state index contributed by atoms with van der Waals surface area (Å²) in [7, 11) is 0. The third-order valence-electron chi connectivity index (χ3n) is 6.37. The van der Waals surface area contributed by atoms with Crippen molar-refractivity contribution in [1.82, 2.24) is 0 Å². The second-order valence-corrected chi connectivity index (χ2v) is 8.86. The number of ether oxygens (including phenoxy) is 2. The summed E-state index contributed by atoms with van der Waals surface area (Å²) in [5, 5.41) is 20.0. The van der Waals surface area contributed by atoms with Gasteiger partial charge in [-0.15, -0.1) is 0 Å². The Morgan fingerprint density at radius 3 is 2.28 bits per heavy atom. The standard InChI is InChI=1S/C25H21F6NO4/c1-22(2)19(12-20(26)25(30,31)35-14-23(27,28)29)24(22,21(33)34)18(13-32)15-7-6-10-17(11-15)36-16-8-4-3-5-9-16/h3-12,18-19H,14H2,1-2H3,(H,33,34). The van der Waals surface area contributed by atoms with E-state index in [2.05, 4.69) is 4.74 Å². The fourth-order valence-corrected chi connectivity index (χ4v) is 4.57. The first kappa shape index (κ1) is 27.1. The molecular weight excluding hydrogens is 492 g/mol. The number of carbonyl (C=O) groups is 1. The minimum absolute atomic E-state index is 0.179. The molecule has 1 aliphatic carbocycles. The van der Waals surface area contributed by atoms with Gasteiger partial charge in [-0.2, -0.15) is 27.2 Å². The molecule has 0 amide bonds. The van der Waals surface area contributed by atoms with E-state index in [9.17, 15) is 41.5 Å². The molecule has 1 saturated carbocycles. The number of aliphatic carboxylic acids is 1. The third-order valence-corrected chi connectivity index (χ3v) is 6.37. The van der Waals surface area contributed by atoms with Crippen LogP contribution in [0.1, 0.15) is 25.3 Å². The van der Waals surface area contributed by atoms with Crippen molar-refractivity contribution in [2.75, 3.05) is 6.61 Å². The van der Waals surface area contributed by atoms with Gasteiger partial charge in [-0.3, -0.25) is 4.79 Å². The summed E-state index contributed by atoms with van der Waals surface area (Å²) in [6.45, 7) is 0.284. The Hall–Kier alpha value is -3.52. The maximum absolute atomic E-state index is 14.4. The molecule has 0 heterocycles. The van der Waals surface area contributed by atoms with Crippen molar-refractivity contribution >= 4 is 5.97 Å². The number of rotatable bonds is 9. The summed E-state index contributed by atoms with van der Waals surface area (Å²) in [5.41, 5.74) is -3.31. The van der Waals surface area contributed by atoms with Gasteiger partial charge in [0.25, 0.3) is 0 Å². The zero-order valence-corrected chi connectivity index (χ0v) is 19.0. The molecule has 2 aromatic carbocycles. The molecule has 3 unspecified atom stereocenters. The van der Waals surface area contributed by atoms with Crippen molar-refractivity contribution < 1.29 is 45.7 Å². The molecule has 3 atom stereocenters. The predicted octanol–water partition coefficient (Wildman–Crippen LogP) is 6.84. The van der Waals surface area contributed by atoms with Crippen molar-refractivity contribution in [1.29, 1.82) is 5.26 Å². The minimum Gasteiger partial charge on any atom is -0.481 e. The molecule has 0 saturated heterocycles. The van der Waals surface area contributed by atoms with E-state index in [1.54, 1.807) is 36.4 Å². The largest absolute Gasteiger partial charge is 0.481 e. The number of hydrogen-bond donors (Lipinski definition) is 1. The van der Waals surface area contributed by atoms with E-state index in [1.807, 2.05) is 6.07 Å². The van der Waals surface area contributed by atoms with E-state index in [0.717, 1.165) is 0 Å². The smallest absolute Gasteiger partial charge is 0.412 e. The van der Waals surface area contributed by atoms with Gasteiger partial charge in [0.05, 0.1) is 12.0 Å². The van der Waals surface area contributed by atoms with Crippen LogP contribution in [0, 0.1) is 28.1 Å². The zero-order valence-electron chi connectivity index (χ0n) is 19.0. The average molecular weight is 513 g/mol. The fourth-order valence-electron chi connectivity index (χ4n) is 4.57. The number of carboxylic acid groups (broad SMARTS) is 1. The number of hydrogen-bond acceptors (Lipinski definition) is 4. The zero-order chi connectivity index (χ0) is 26.9. The van der Waals surface area contributed by atoms with Gasteiger partial charge in [-0.05, 0) is 41.3 Å². The second kappa shape index (κ2) is 9.50. The Morgan fingerprint density at radius 2 is 1.72 bits per heavy atom. The van der Waals surface area contributed by atoms with Crippen LogP contribution in [-0.4, -0.2) is 30.0 Å². The Labute approximate surface area is 202 Å². The number of carboxylic acids is 1. The molecule has 1 aliphatic rings. The predicted molar refractivity (Wildman–Crippen MR) is 115 cm³/mol. The maximum Gasteiger partial charge on any atom is 0.412 e. The van der Waals surface area contributed by atoms with Crippen LogP contribution in [0.3, 0.4) is 0 Å². The van der Waals surface area contributed by atoms with E-state index in [-0.39, 0.29) is 17.4 Å². The molecule has 0 spiro atoms. The van der Waals surface area contributed by atoms with E-state index in [4.69, 9.17) is 4.74 Å². The second-order valence-electron chi connectivity index (χ2n) is 8.86. The van der Waals surface area contributed by atoms with E-state index in [0.29, 0.717) is 5.75 Å². The molecule has 192 valence electrons. The molecule has 0 aromatic heterocycles. The molecule has 1 fully saturated rings. The minimum atomic E-state index is -5.13. The van der Waals surface area contributed by atoms with E-state index >= 15 is 0 Å². The third kappa shape index (κ3) is 5.04. The number of nitriles is 1. The summed E-state index contributed by atoms with van der Waals surface area (Å²) in [6.07, 6.45) is -9.84. The SMILES string of the molecule is CC1(C)C(C=C(F)C(F)(F)OCC(F)(F)F)C1(C(=O)O)C(C#N)c1cccc(Oc2ccccc2)c1. The van der Waals surface area contributed by atoms with Crippen LogP contribution >= 0.6 is 0 Å². The Kier molecular flexibility index (Phi) is 7.15. The molecular formula is C25H21F6NO4.